The Labute approximate surface area is 190 Å². The van der Waals surface area contributed by atoms with Crippen LogP contribution in [0.5, 0.6) is 0 Å². The number of benzene rings is 4. The van der Waals surface area contributed by atoms with Crippen molar-refractivity contribution in [3.8, 4) is 11.8 Å². The van der Waals surface area contributed by atoms with E-state index in [1.165, 1.54) is 43.3 Å². The zero-order valence-electron chi connectivity index (χ0n) is 19.5. The summed E-state index contributed by atoms with van der Waals surface area (Å²) in [5.74, 6) is 6.87. The second-order valence-corrected chi connectivity index (χ2v) is 9.70. The average Bonchev–Trinajstić information content (AvgIpc) is 2.95. The van der Waals surface area contributed by atoms with Crippen LogP contribution in [-0.4, -0.2) is 10.3 Å². The van der Waals surface area contributed by atoms with Crippen LogP contribution in [0.1, 0.15) is 61.9 Å². The summed E-state index contributed by atoms with van der Waals surface area (Å²) in [5.41, 5.74) is 4.77. The van der Waals surface area contributed by atoms with Gasteiger partial charge < -0.3 is 5.21 Å². The highest BCUT2D eigenvalue weighted by molar-refractivity contribution is 6.10. The first-order chi connectivity index (χ1) is 15.3. The van der Waals surface area contributed by atoms with Crippen LogP contribution in [0.2, 0.25) is 0 Å². The molecular formula is C30H29NO. The summed E-state index contributed by atoms with van der Waals surface area (Å²) in [6.45, 7) is 10.5. The number of fused-ring (bicyclic) bond motifs is 4. The van der Waals surface area contributed by atoms with Crippen molar-refractivity contribution < 1.29 is 5.21 Å². The van der Waals surface area contributed by atoms with E-state index in [1.807, 2.05) is 0 Å². The van der Waals surface area contributed by atoms with Gasteiger partial charge >= 0.3 is 0 Å². The first kappa shape index (κ1) is 20.8. The Hall–Kier alpha value is -3.12. The molecule has 2 heteroatoms. The molecule has 0 spiro atoms. The fraction of sp³-hybridized carbons (Fsp3) is 0.267. The number of hydrogen-bond acceptors (Lipinski definition) is 2. The van der Waals surface area contributed by atoms with E-state index in [-0.39, 0.29) is 0 Å². The van der Waals surface area contributed by atoms with Gasteiger partial charge in [0.2, 0.25) is 0 Å². The van der Waals surface area contributed by atoms with E-state index in [2.05, 4.69) is 113 Å². The zero-order chi connectivity index (χ0) is 22.7. The third-order valence-corrected chi connectivity index (χ3v) is 7.30. The fourth-order valence-corrected chi connectivity index (χ4v) is 5.26. The molecule has 32 heavy (non-hydrogen) atoms. The molecule has 160 valence electrons. The monoisotopic (exact) mass is 419 g/mol. The Morgan fingerprint density at radius 3 is 2.31 bits per heavy atom. The number of hydrogen-bond donors (Lipinski definition) is 1. The van der Waals surface area contributed by atoms with Crippen molar-refractivity contribution in [2.45, 2.75) is 52.1 Å². The van der Waals surface area contributed by atoms with Gasteiger partial charge in [0.25, 0.3) is 0 Å². The van der Waals surface area contributed by atoms with Crippen LogP contribution in [-0.2, 0) is 11.1 Å². The van der Waals surface area contributed by atoms with Gasteiger partial charge in [-0.15, -0.1) is 0 Å². The highest BCUT2D eigenvalue weighted by atomic mass is 16.5. The average molecular weight is 420 g/mol. The van der Waals surface area contributed by atoms with Crippen LogP contribution in [0, 0.1) is 18.8 Å². The van der Waals surface area contributed by atoms with Crippen molar-refractivity contribution in [3.05, 3.63) is 94.5 Å². The SMILES string of the molecule is CCC1(C)c2cc(C#Cc3cc4cc(C)ccc4c4ccccc34)ccc2C(C)(C)N1O. The largest absolute Gasteiger partial charge is 0.312 e. The molecule has 1 N–H and O–H groups in total. The normalized spacial score (nSPS) is 19.7. The molecule has 0 aromatic heterocycles. The molecule has 5 rings (SSSR count). The molecule has 0 fully saturated rings. The molecule has 4 aromatic rings. The summed E-state index contributed by atoms with van der Waals surface area (Å²) >= 11 is 0. The minimum atomic E-state index is -0.418. The number of aryl methyl sites for hydroxylation is 1. The first-order valence-corrected chi connectivity index (χ1v) is 11.3. The van der Waals surface area contributed by atoms with Crippen molar-refractivity contribution >= 4 is 21.5 Å². The molecule has 0 saturated carbocycles. The topological polar surface area (TPSA) is 23.5 Å². The van der Waals surface area contributed by atoms with Crippen molar-refractivity contribution in [1.82, 2.24) is 5.06 Å². The van der Waals surface area contributed by atoms with Crippen LogP contribution in [0.25, 0.3) is 21.5 Å². The number of hydroxylamine groups is 2. The van der Waals surface area contributed by atoms with Gasteiger partial charge in [-0.05, 0) is 85.0 Å². The molecule has 1 aliphatic rings. The summed E-state index contributed by atoms with van der Waals surface area (Å²) in [6.07, 6.45) is 0.825. The minimum absolute atomic E-state index is 0.413. The lowest BCUT2D eigenvalue weighted by atomic mass is 9.87. The molecule has 4 aromatic carbocycles. The van der Waals surface area contributed by atoms with E-state index in [9.17, 15) is 5.21 Å². The fourth-order valence-electron chi connectivity index (χ4n) is 5.26. The van der Waals surface area contributed by atoms with E-state index in [1.54, 1.807) is 0 Å². The summed E-state index contributed by atoms with van der Waals surface area (Å²) in [6, 6.07) is 23.7. The number of nitrogens with zero attached hydrogens (tertiary/aromatic N) is 1. The Bertz CT molecular complexity index is 1440. The van der Waals surface area contributed by atoms with Crippen LogP contribution < -0.4 is 0 Å². The van der Waals surface area contributed by atoms with Crippen molar-refractivity contribution in [1.29, 1.82) is 0 Å². The van der Waals surface area contributed by atoms with Gasteiger partial charge in [-0.1, -0.05) is 72.9 Å². The predicted molar refractivity (Wildman–Crippen MR) is 133 cm³/mol. The molecule has 1 unspecified atom stereocenters. The summed E-state index contributed by atoms with van der Waals surface area (Å²) in [4.78, 5) is 0. The van der Waals surface area contributed by atoms with Gasteiger partial charge in [0.15, 0.2) is 0 Å². The smallest absolute Gasteiger partial charge is 0.0691 e. The van der Waals surface area contributed by atoms with E-state index >= 15 is 0 Å². The van der Waals surface area contributed by atoms with Crippen LogP contribution in [0.3, 0.4) is 0 Å². The summed E-state index contributed by atoms with van der Waals surface area (Å²) in [5, 5.41) is 17.3. The summed E-state index contributed by atoms with van der Waals surface area (Å²) < 4.78 is 0. The lowest BCUT2D eigenvalue weighted by molar-refractivity contribution is -0.222. The molecule has 0 radical (unpaired) electrons. The maximum atomic E-state index is 10.9. The van der Waals surface area contributed by atoms with Crippen molar-refractivity contribution in [2.75, 3.05) is 0 Å². The molecule has 1 aliphatic heterocycles. The Morgan fingerprint density at radius 1 is 0.812 bits per heavy atom. The maximum absolute atomic E-state index is 10.9. The Balaban J connectivity index is 1.66. The zero-order valence-corrected chi connectivity index (χ0v) is 19.5. The highest BCUT2D eigenvalue weighted by Crippen LogP contribution is 2.49. The van der Waals surface area contributed by atoms with E-state index in [0.717, 1.165) is 17.5 Å². The maximum Gasteiger partial charge on any atom is 0.0691 e. The van der Waals surface area contributed by atoms with Gasteiger partial charge in [-0.2, -0.15) is 5.06 Å². The predicted octanol–water partition coefficient (Wildman–Crippen LogP) is 7.27. The molecule has 2 nitrogen and oxygen atoms in total. The van der Waals surface area contributed by atoms with Crippen LogP contribution in [0.15, 0.2) is 66.7 Å². The van der Waals surface area contributed by atoms with Gasteiger partial charge in [0.05, 0.1) is 11.1 Å². The van der Waals surface area contributed by atoms with Crippen LogP contribution in [0.4, 0.5) is 0 Å². The van der Waals surface area contributed by atoms with Crippen LogP contribution >= 0.6 is 0 Å². The van der Waals surface area contributed by atoms with E-state index in [0.29, 0.717) is 0 Å². The molecule has 1 heterocycles. The lowest BCUT2D eigenvalue weighted by Gasteiger charge is -2.37. The molecule has 1 atom stereocenters. The molecule has 0 amide bonds. The van der Waals surface area contributed by atoms with Gasteiger partial charge in [0.1, 0.15) is 0 Å². The van der Waals surface area contributed by atoms with Crippen molar-refractivity contribution in [2.24, 2.45) is 0 Å². The van der Waals surface area contributed by atoms with E-state index < -0.39 is 11.1 Å². The van der Waals surface area contributed by atoms with E-state index in [4.69, 9.17) is 0 Å². The van der Waals surface area contributed by atoms with Gasteiger partial charge in [-0.25, -0.2) is 0 Å². The quantitative estimate of drug-likeness (QED) is 0.259. The Morgan fingerprint density at radius 2 is 1.56 bits per heavy atom. The molecule has 0 saturated heterocycles. The Kier molecular flexibility index (Phi) is 4.67. The molecule has 0 aliphatic carbocycles. The third kappa shape index (κ3) is 2.97. The van der Waals surface area contributed by atoms with Crippen molar-refractivity contribution in [3.63, 3.8) is 0 Å². The standard InChI is InChI=1S/C30H29NO/c1-6-30(5)28-18-21(13-16-27(28)29(3,4)31(30)32)12-14-22-19-23-17-20(2)11-15-25(23)26-10-8-7-9-24(22)26/h7-11,13,15-19,32H,6H2,1-5H3. The third-order valence-electron chi connectivity index (χ3n) is 7.30. The lowest BCUT2D eigenvalue weighted by Crippen LogP contribution is -2.44. The highest BCUT2D eigenvalue weighted by Gasteiger charge is 2.50. The van der Waals surface area contributed by atoms with Gasteiger partial charge in [0, 0.05) is 11.1 Å². The second-order valence-electron chi connectivity index (χ2n) is 9.70. The second kappa shape index (κ2) is 7.20. The first-order valence-electron chi connectivity index (χ1n) is 11.3. The minimum Gasteiger partial charge on any atom is -0.312 e. The molecular weight excluding hydrogens is 390 g/mol. The molecule has 0 bridgehead atoms. The number of rotatable bonds is 1. The van der Waals surface area contributed by atoms with Gasteiger partial charge in [-0.3, -0.25) is 0 Å². The summed E-state index contributed by atoms with van der Waals surface area (Å²) in [7, 11) is 0.